The van der Waals surface area contributed by atoms with E-state index < -0.39 is 0 Å². The topological polar surface area (TPSA) is 22.4 Å². The number of hydrogen-bond donors (Lipinski definition) is 0. The Kier molecular flexibility index (Phi) is 2.93. The number of aryl methyl sites for hydroxylation is 1. The predicted molar refractivity (Wildman–Crippen MR) is 96.0 cm³/mol. The van der Waals surface area contributed by atoms with E-state index in [9.17, 15) is 0 Å². The molecule has 5 rings (SSSR count). The molecule has 0 aliphatic heterocycles. The predicted octanol–water partition coefficient (Wildman–Crippen LogP) is 5.56. The van der Waals surface area contributed by atoms with Crippen LogP contribution < -0.4 is 4.74 Å². The second kappa shape index (κ2) is 5.13. The quantitative estimate of drug-likeness (QED) is 0.458. The summed E-state index contributed by atoms with van der Waals surface area (Å²) in [6.07, 6.45) is 5.12. The molecule has 0 atom stereocenters. The first-order valence-corrected chi connectivity index (χ1v) is 8.45. The van der Waals surface area contributed by atoms with Gasteiger partial charge in [0.05, 0.1) is 13.4 Å². The second-order valence-electron chi connectivity index (χ2n) is 6.41. The molecular weight excluding hydrogens is 296 g/mol. The molecule has 0 saturated carbocycles. The Balaban J connectivity index is 1.87. The highest BCUT2D eigenvalue weighted by atomic mass is 16.5. The summed E-state index contributed by atoms with van der Waals surface area (Å²) in [6, 6.07) is 17.0. The van der Waals surface area contributed by atoms with Crippen LogP contribution in [0.2, 0.25) is 0 Å². The Morgan fingerprint density at radius 1 is 0.875 bits per heavy atom. The van der Waals surface area contributed by atoms with Crippen molar-refractivity contribution >= 4 is 11.1 Å². The van der Waals surface area contributed by atoms with Crippen molar-refractivity contribution in [3.8, 4) is 16.9 Å². The molecule has 2 nitrogen and oxygen atoms in total. The van der Waals surface area contributed by atoms with Crippen LogP contribution in [0.5, 0.6) is 5.75 Å². The summed E-state index contributed by atoms with van der Waals surface area (Å²) < 4.78 is 11.6. The van der Waals surface area contributed by atoms with Gasteiger partial charge in [-0.3, -0.25) is 0 Å². The fourth-order valence-electron chi connectivity index (χ4n) is 4.20. The zero-order valence-electron chi connectivity index (χ0n) is 13.6. The fraction of sp³-hybridized carbons (Fsp3) is 0.182. The van der Waals surface area contributed by atoms with Crippen molar-refractivity contribution in [2.75, 3.05) is 7.11 Å². The van der Waals surface area contributed by atoms with Gasteiger partial charge in [-0.15, -0.1) is 0 Å². The molecule has 0 amide bonds. The minimum absolute atomic E-state index is 0.965. The standard InChI is InChI=1S/C22H18O2/c1-23-19-11-5-7-14-6-4-10-18(20(14)19)21-16-9-3-2-8-15(16)17-12-13-24-22(17)21/h2-3,5,7-9,11-13H,4,6,10H2,1H3/b21-18-. The van der Waals surface area contributed by atoms with Crippen molar-refractivity contribution in [1.82, 2.24) is 0 Å². The van der Waals surface area contributed by atoms with Gasteiger partial charge in [0, 0.05) is 16.7 Å². The highest BCUT2D eigenvalue weighted by Gasteiger charge is 2.31. The van der Waals surface area contributed by atoms with Crippen molar-refractivity contribution in [3.63, 3.8) is 0 Å². The molecule has 2 aliphatic rings. The third kappa shape index (κ3) is 1.77. The van der Waals surface area contributed by atoms with E-state index in [0.29, 0.717) is 0 Å². The maximum Gasteiger partial charge on any atom is 0.142 e. The molecule has 0 unspecified atom stereocenters. The lowest BCUT2D eigenvalue weighted by molar-refractivity contribution is 0.412. The van der Waals surface area contributed by atoms with Gasteiger partial charge in [-0.25, -0.2) is 0 Å². The van der Waals surface area contributed by atoms with Crippen LogP contribution in [-0.2, 0) is 6.42 Å². The van der Waals surface area contributed by atoms with E-state index >= 15 is 0 Å². The molecule has 1 aromatic heterocycles. The molecule has 2 aliphatic carbocycles. The Bertz CT molecular complexity index is 961. The molecule has 2 heteroatoms. The third-order valence-electron chi connectivity index (χ3n) is 5.19. The van der Waals surface area contributed by atoms with E-state index in [0.717, 1.165) is 30.8 Å². The lowest BCUT2D eigenvalue weighted by Gasteiger charge is -2.23. The minimum Gasteiger partial charge on any atom is -0.496 e. The first kappa shape index (κ1) is 13.7. The maximum absolute atomic E-state index is 5.91. The number of rotatable bonds is 1. The largest absolute Gasteiger partial charge is 0.496 e. The van der Waals surface area contributed by atoms with Crippen molar-refractivity contribution in [2.45, 2.75) is 19.3 Å². The van der Waals surface area contributed by atoms with E-state index in [1.807, 2.05) is 0 Å². The summed E-state index contributed by atoms with van der Waals surface area (Å²) in [5, 5.41) is 0. The number of fused-ring (bicyclic) bond motifs is 4. The zero-order chi connectivity index (χ0) is 16.1. The second-order valence-corrected chi connectivity index (χ2v) is 6.41. The number of allylic oxidation sites excluding steroid dienone is 1. The highest BCUT2D eigenvalue weighted by molar-refractivity contribution is 6.09. The Morgan fingerprint density at radius 2 is 1.75 bits per heavy atom. The van der Waals surface area contributed by atoms with E-state index in [-0.39, 0.29) is 0 Å². The Morgan fingerprint density at radius 3 is 2.62 bits per heavy atom. The average molecular weight is 314 g/mol. The first-order chi connectivity index (χ1) is 11.9. The minimum atomic E-state index is 0.965. The molecule has 0 spiro atoms. The first-order valence-electron chi connectivity index (χ1n) is 8.45. The van der Waals surface area contributed by atoms with E-state index in [2.05, 4.69) is 48.5 Å². The van der Waals surface area contributed by atoms with Crippen LogP contribution in [0.3, 0.4) is 0 Å². The summed E-state index contributed by atoms with van der Waals surface area (Å²) >= 11 is 0. The van der Waals surface area contributed by atoms with Crippen LogP contribution in [0.15, 0.2) is 59.2 Å². The van der Waals surface area contributed by atoms with Gasteiger partial charge in [-0.05, 0) is 53.7 Å². The van der Waals surface area contributed by atoms with Gasteiger partial charge >= 0.3 is 0 Å². The number of hydrogen-bond acceptors (Lipinski definition) is 2. The van der Waals surface area contributed by atoms with Gasteiger partial charge in [-0.1, -0.05) is 36.4 Å². The van der Waals surface area contributed by atoms with Crippen molar-refractivity contribution in [1.29, 1.82) is 0 Å². The van der Waals surface area contributed by atoms with E-state index in [4.69, 9.17) is 9.15 Å². The maximum atomic E-state index is 5.91. The van der Waals surface area contributed by atoms with Crippen molar-refractivity contribution in [3.05, 3.63) is 77.2 Å². The van der Waals surface area contributed by atoms with Gasteiger partial charge in [-0.2, -0.15) is 0 Å². The van der Waals surface area contributed by atoms with Gasteiger partial charge in [0.15, 0.2) is 0 Å². The van der Waals surface area contributed by atoms with Crippen LogP contribution in [-0.4, -0.2) is 7.11 Å². The van der Waals surface area contributed by atoms with E-state index in [1.165, 1.54) is 39.0 Å². The van der Waals surface area contributed by atoms with E-state index in [1.54, 1.807) is 13.4 Å². The normalized spacial score (nSPS) is 18.0. The van der Waals surface area contributed by atoms with Crippen LogP contribution in [0.1, 0.15) is 35.3 Å². The van der Waals surface area contributed by atoms with Crippen LogP contribution in [0.25, 0.3) is 22.3 Å². The number of furan rings is 1. The third-order valence-corrected chi connectivity index (χ3v) is 5.19. The van der Waals surface area contributed by atoms with Gasteiger partial charge < -0.3 is 9.15 Å². The molecule has 3 aromatic rings. The molecule has 2 aromatic carbocycles. The molecule has 0 fully saturated rings. The molecule has 0 radical (unpaired) electrons. The molecule has 1 heterocycles. The molecule has 0 N–H and O–H groups in total. The lowest BCUT2D eigenvalue weighted by Crippen LogP contribution is -2.06. The van der Waals surface area contributed by atoms with Gasteiger partial charge in [0.25, 0.3) is 0 Å². The highest BCUT2D eigenvalue weighted by Crippen LogP contribution is 2.51. The molecule has 0 bridgehead atoms. The molecule has 24 heavy (non-hydrogen) atoms. The molecule has 118 valence electrons. The fourth-order valence-corrected chi connectivity index (χ4v) is 4.20. The molecular formula is C22H18O2. The number of methoxy groups -OCH3 is 1. The van der Waals surface area contributed by atoms with Crippen molar-refractivity contribution in [2.24, 2.45) is 0 Å². The SMILES string of the molecule is COc1cccc2c1/C(=C1/c3ccccc3-c3ccoc31)CCC2. The smallest absolute Gasteiger partial charge is 0.142 e. The monoisotopic (exact) mass is 314 g/mol. The number of benzene rings is 2. The molecule has 0 saturated heterocycles. The zero-order valence-corrected chi connectivity index (χ0v) is 13.6. The summed E-state index contributed by atoms with van der Waals surface area (Å²) in [4.78, 5) is 0. The number of ether oxygens (including phenoxy) is 1. The van der Waals surface area contributed by atoms with Crippen molar-refractivity contribution < 1.29 is 9.15 Å². The van der Waals surface area contributed by atoms with Gasteiger partial charge in [0.2, 0.25) is 0 Å². The summed E-state index contributed by atoms with van der Waals surface area (Å²) in [5.74, 6) is 1.97. The van der Waals surface area contributed by atoms with Crippen LogP contribution in [0, 0.1) is 0 Å². The average Bonchev–Trinajstić information content (AvgIpc) is 3.21. The summed E-state index contributed by atoms with van der Waals surface area (Å²) in [5.41, 5.74) is 8.99. The Labute approximate surface area is 141 Å². The Hall–Kier alpha value is -2.74. The summed E-state index contributed by atoms with van der Waals surface area (Å²) in [7, 11) is 1.76. The lowest BCUT2D eigenvalue weighted by atomic mass is 9.82. The van der Waals surface area contributed by atoms with Crippen LogP contribution in [0.4, 0.5) is 0 Å². The summed E-state index contributed by atoms with van der Waals surface area (Å²) in [6.45, 7) is 0. The van der Waals surface area contributed by atoms with Crippen LogP contribution >= 0.6 is 0 Å². The van der Waals surface area contributed by atoms with Gasteiger partial charge in [0.1, 0.15) is 11.5 Å².